The zero-order chi connectivity index (χ0) is 17.4. The number of anilines is 1. The largest absolute Gasteiger partial charge is 0.465 e. The highest BCUT2D eigenvalue weighted by atomic mass is 16.5. The van der Waals surface area contributed by atoms with Crippen LogP contribution < -0.4 is 4.90 Å². The number of nitrogens with zero attached hydrogens (tertiary/aromatic N) is 1. The number of fused-ring (bicyclic) bond motifs is 2. The monoisotopic (exact) mass is 335 g/mol. The van der Waals surface area contributed by atoms with Crippen molar-refractivity contribution in [3.8, 4) is 0 Å². The summed E-state index contributed by atoms with van der Waals surface area (Å²) in [5.74, 6) is -0.228. The molecule has 0 unspecified atom stereocenters. The van der Waals surface area contributed by atoms with Gasteiger partial charge in [-0.1, -0.05) is 18.2 Å². The topological polar surface area (TPSA) is 46.6 Å². The summed E-state index contributed by atoms with van der Waals surface area (Å²) < 4.78 is 4.77. The van der Waals surface area contributed by atoms with E-state index in [1.807, 2.05) is 17.0 Å². The fourth-order valence-electron chi connectivity index (χ4n) is 3.91. The lowest BCUT2D eigenvalue weighted by Crippen LogP contribution is -2.30. The molecule has 2 aromatic rings. The van der Waals surface area contributed by atoms with Gasteiger partial charge in [0.1, 0.15) is 0 Å². The molecular weight excluding hydrogens is 314 g/mol. The Morgan fingerprint density at radius 1 is 1.00 bits per heavy atom. The van der Waals surface area contributed by atoms with Gasteiger partial charge < -0.3 is 9.64 Å². The van der Waals surface area contributed by atoms with Gasteiger partial charge in [-0.25, -0.2) is 4.79 Å². The molecular formula is C21H21NO3. The van der Waals surface area contributed by atoms with E-state index in [2.05, 4.69) is 18.2 Å². The Kier molecular flexibility index (Phi) is 4.04. The zero-order valence-electron chi connectivity index (χ0n) is 14.4. The lowest BCUT2D eigenvalue weighted by atomic mass is 10.0. The van der Waals surface area contributed by atoms with Crippen LogP contribution in [0.1, 0.15) is 39.0 Å². The first kappa shape index (κ1) is 15.9. The highest BCUT2D eigenvalue weighted by molar-refractivity contribution is 5.98. The van der Waals surface area contributed by atoms with Crippen molar-refractivity contribution in [1.82, 2.24) is 0 Å². The van der Waals surface area contributed by atoms with Gasteiger partial charge in [-0.2, -0.15) is 0 Å². The number of ether oxygens (including phenoxy) is 1. The normalized spacial score (nSPS) is 15.0. The van der Waals surface area contributed by atoms with Gasteiger partial charge in [0, 0.05) is 12.2 Å². The molecule has 4 rings (SSSR count). The molecule has 1 aliphatic heterocycles. The Balaban J connectivity index is 1.52. The fourth-order valence-corrected chi connectivity index (χ4v) is 3.91. The molecule has 0 saturated carbocycles. The SMILES string of the molecule is COC(=O)c1ccc2c(c1)CCN2C(=O)Cc1ccc2c(c1)CCC2. The van der Waals surface area contributed by atoms with Gasteiger partial charge in [0.05, 0.1) is 19.1 Å². The molecule has 0 bridgehead atoms. The van der Waals surface area contributed by atoms with Gasteiger partial charge in [-0.15, -0.1) is 0 Å². The van der Waals surface area contributed by atoms with Crippen molar-refractivity contribution in [2.45, 2.75) is 32.1 Å². The van der Waals surface area contributed by atoms with Crippen LogP contribution >= 0.6 is 0 Å². The van der Waals surface area contributed by atoms with Gasteiger partial charge >= 0.3 is 5.97 Å². The summed E-state index contributed by atoms with van der Waals surface area (Å²) in [4.78, 5) is 26.3. The molecule has 0 saturated heterocycles. The average Bonchev–Trinajstić information content (AvgIpc) is 3.26. The maximum atomic E-state index is 12.8. The summed E-state index contributed by atoms with van der Waals surface area (Å²) in [5.41, 5.74) is 6.40. The van der Waals surface area contributed by atoms with Crippen molar-refractivity contribution in [1.29, 1.82) is 0 Å². The van der Waals surface area contributed by atoms with Crippen molar-refractivity contribution >= 4 is 17.6 Å². The molecule has 1 heterocycles. The molecule has 0 spiro atoms. The predicted molar refractivity (Wildman–Crippen MR) is 96.0 cm³/mol. The van der Waals surface area contributed by atoms with Crippen molar-refractivity contribution < 1.29 is 14.3 Å². The molecule has 1 amide bonds. The second kappa shape index (κ2) is 6.36. The van der Waals surface area contributed by atoms with Crippen LogP contribution in [0.15, 0.2) is 36.4 Å². The highest BCUT2D eigenvalue weighted by Crippen LogP contribution is 2.30. The summed E-state index contributed by atoms with van der Waals surface area (Å²) in [6.45, 7) is 0.670. The number of amides is 1. The number of methoxy groups -OCH3 is 1. The number of hydrogen-bond donors (Lipinski definition) is 0. The Labute approximate surface area is 147 Å². The molecule has 2 aromatic carbocycles. The van der Waals surface area contributed by atoms with E-state index in [0.29, 0.717) is 18.5 Å². The van der Waals surface area contributed by atoms with Crippen LogP contribution in [0, 0.1) is 0 Å². The second-order valence-electron chi connectivity index (χ2n) is 6.76. The molecule has 0 fully saturated rings. The smallest absolute Gasteiger partial charge is 0.337 e. The first-order valence-corrected chi connectivity index (χ1v) is 8.78. The standard InChI is InChI=1S/C21H21NO3/c1-25-21(24)18-7-8-19-17(13-18)9-10-22(19)20(23)12-14-5-6-15-3-2-4-16(15)11-14/h5-8,11,13H,2-4,9-10,12H2,1H3. The van der Waals surface area contributed by atoms with Crippen LogP contribution in [0.3, 0.4) is 0 Å². The molecule has 0 radical (unpaired) electrons. The van der Waals surface area contributed by atoms with Crippen molar-refractivity contribution in [2.24, 2.45) is 0 Å². The van der Waals surface area contributed by atoms with E-state index in [-0.39, 0.29) is 11.9 Å². The minimum atomic E-state index is -0.342. The first-order chi connectivity index (χ1) is 12.2. The van der Waals surface area contributed by atoms with Crippen LogP contribution in [-0.2, 0) is 35.2 Å². The second-order valence-corrected chi connectivity index (χ2v) is 6.76. The van der Waals surface area contributed by atoms with Gasteiger partial charge in [-0.05, 0) is 66.1 Å². The number of aryl methyl sites for hydroxylation is 2. The van der Waals surface area contributed by atoms with Crippen molar-refractivity contribution in [3.63, 3.8) is 0 Å². The number of hydrogen-bond acceptors (Lipinski definition) is 3. The van der Waals surface area contributed by atoms with Crippen LogP contribution in [0.2, 0.25) is 0 Å². The predicted octanol–water partition coefficient (Wildman–Crippen LogP) is 3.09. The third-order valence-electron chi connectivity index (χ3n) is 5.22. The molecule has 25 heavy (non-hydrogen) atoms. The van der Waals surface area contributed by atoms with Gasteiger partial charge in [0.2, 0.25) is 5.91 Å². The van der Waals surface area contributed by atoms with E-state index in [0.717, 1.165) is 36.1 Å². The molecule has 4 nitrogen and oxygen atoms in total. The van der Waals surface area contributed by atoms with E-state index in [1.165, 1.54) is 24.7 Å². The van der Waals surface area contributed by atoms with Crippen LogP contribution in [-0.4, -0.2) is 25.5 Å². The molecule has 128 valence electrons. The van der Waals surface area contributed by atoms with Crippen molar-refractivity contribution in [3.05, 3.63) is 64.2 Å². The van der Waals surface area contributed by atoms with Crippen LogP contribution in [0.25, 0.3) is 0 Å². The molecule has 0 N–H and O–H groups in total. The molecule has 1 aliphatic carbocycles. The maximum Gasteiger partial charge on any atom is 0.337 e. The highest BCUT2D eigenvalue weighted by Gasteiger charge is 2.26. The molecule has 2 aliphatic rings. The maximum absolute atomic E-state index is 12.8. The van der Waals surface area contributed by atoms with E-state index < -0.39 is 0 Å². The third kappa shape index (κ3) is 2.93. The van der Waals surface area contributed by atoms with E-state index in [1.54, 1.807) is 6.07 Å². The summed E-state index contributed by atoms with van der Waals surface area (Å²) in [6, 6.07) is 11.9. The fraction of sp³-hybridized carbons (Fsp3) is 0.333. The third-order valence-corrected chi connectivity index (χ3v) is 5.22. The Bertz CT molecular complexity index is 856. The van der Waals surface area contributed by atoms with E-state index in [9.17, 15) is 9.59 Å². The lowest BCUT2D eigenvalue weighted by Gasteiger charge is -2.18. The molecule has 0 aromatic heterocycles. The van der Waals surface area contributed by atoms with E-state index in [4.69, 9.17) is 4.74 Å². The van der Waals surface area contributed by atoms with Crippen molar-refractivity contribution in [2.75, 3.05) is 18.6 Å². The summed E-state index contributed by atoms with van der Waals surface area (Å²) in [7, 11) is 1.38. The minimum Gasteiger partial charge on any atom is -0.465 e. The Morgan fingerprint density at radius 2 is 1.84 bits per heavy atom. The Morgan fingerprint density at radius 3 is 2.68 bits per heavy atom. The number of benzene rings is 2. The first-order valence-electron chi connectivity index (χ1n) is 8.78. The lowest BCUT2D eigenvalue weighted by molar-refractivity contribution is -0.117. The number of carbonyl (C=O) groups is 2. The number of rotatable bonds is 3. The Hall–Kier alpha value is -2.62. The van der Waals surface area contributed by atoms with Gasteiger partial charge in [-0.3, -0.25) is 4.79 Å². The summed E-state index contributed by atoms with van der Waals surface area (Å²) in [5, 5.41) is 0. The average molecular weight is 335 g/mol. The quantitative estimate of drug-likeness (QED) is 0.810. The number of esters is 1. The number of carbonyl (C=O) groups excluding carboxylic acids is 2. The van der Waals surface area contributed by atoms with Crippen LogP contribution in [0.5, 0.6) is 0 Å². The molecule has 4 heteroatoms. The minimum absolute atomic E-state index is 0.113. The summed E-state index contributed by atoms with van der Waals surface area (Å²) >= 11 is 0. The van der Waals surface area contributed by atoms with Gasteiger partial charge in [0.25, 0.3) is 0 Å². The van der Waals surface area contributed by atoms with E-state index >= 15 is 0 Å². The molecule has 0 atom stereocenters. The summed E-state index contributed by atoms with van der Waals surface area (Å²) in [6.07, 6.45) is 4.70. The van der Waals surface area contributed by atoms with Crippen LogP contribution in [0.4, 0.5) is 5.69 Å². The van der Waals surface area contributed by atoms with Gasteiger partial charge in [0.15, 0.2) is 0 Å². The zero-order valence-corrected chi connectivity index (χ0v) is 14.4.